The molecule has 1 unspecified atom stereocenters. The molecule has 0 fully saturated rings. The number of hydrogen-bond donors (Lipinski definition) is 1. The van der Waals surface area contributed by atoms with Crippen molar-refractivity contribution in [3.8, 4) is 5.75 Å². The van der Waals surface area contributed by atoms with Crippen LogP contribution >= 0.6 is 11.8 Å². The number of nitrogens with one attached hydrogen (secondary N) is 1. The highest BCUT2D eigenvalue weighted by molar-refractivity contribution is 7.99. The van der Waals surface area contributed by atoms with Crippen molar-refractivity contribution in [1.29, 1.82) is 0 Å². The molecule has 114 valence electrons. The van der Waals surface area contributed by atoms with Crippen molar-refractivity contribution in [2.24, 2.45) is 0 Å². The normalized spacial score (nSPS) is 12.3. The molecule has 20 heavy (non-hydrogen) atoms. The summed E-state index contributed by atoms with van der Waals surface area (Å²) in [5.41, 5.74) is 1.32. The van der Waals surface area contributed by atoms with Gasteiger partial charge in [-0.05, 0) is 43.3 Å². The summed E-state index contributed by atoms with van der Waals surface area (Å²) in [4.78, 5) is 0. The van der Waals surface area contributed by atoms with Crippen LogP contribution in [0.5, 0.6) is 5.75 Å². The summed E-state index contributed by atoms with van der Waals surface area (Å²) >= 11 is 1.97. The van der Waals surface area contributed by atoms with Gasteiger partial charge in [-0.15, -0.1) is 0 Å². The Labute approximate surface area is 127 Å². The van der Waals surface area contributed by atoms with Gasteiger partial charge in [0.2, 0.25) is 0 Å². The number of hydrogen-bond acceptors (Lipinski definition) is 4. The van der Waals surface area contributed by atoms with E-state index in [0.29, 0.717) is 6.04 Å². The van der Waals surface area contributed by atoms with Gasteiger partial charge in [-0.25, -0.2) is 0 Å². The van der Waals surface area contributed by atoms with E-state index in [-0.39, 0.29) is 0 Å². The van der Waals surface area contributed by atoms with Crippen LogP contribution in [0.2, 0.25) is 0 Å². The molecule has 4 heteroatoms. The SMILES string of the molecule is CCCOc1ccc(C(CSCCCOC)NC)cc1. The van der Waals surface area contributed by atoms with Crippen molar-refractivity contribution in [2.75, 3.05) is 38.9 Å². The highest BCUT2D eigenvalue weighted by Crippen LogP contribution is 2.21. The van der Waals surface area contributed by atoms with Crippen LogP contribution in [-0.4, -0.2) is 38.9 Å². The van der Waals surface area contributed by atoms with Crippen molar-refractivity contribution in [3.63, 3.8) is 0 Å². The Morgan fingerprint density at radius 3 is 2.55 bits per heavy atom. The van der Waals surface area contributed by atoms with Gasteiger partial charge < -0.3 is 14.8 Å². The summed E-state index contributed by atoms with van der Waals surface area (Å²) in [6.45, 7) is 3.75. The van der Waals surface area contributed by atoms with E-state index in [2.05, 4.69) is 36.5 Å². The zero-order valence-electron chi connectivity index (χ0n) is 12.9. The van der Waals surface area contributed by atoms with Crippen LogP contribution in [0.3, 0.4) is 0 Å². The van der Waals surface area contributed by atoms with Gasteiger partial charge in [0, 0.05) is 25.5 Å². The van der Waals surface area contributed by atoms with Gasteiger partial charge >= 0.3 is 0 Å². The lowest BCUT2D eigenvalue weighted by Gasteiger charge is -2.17. The van der Waals surface area contributed by atoms with E-state index in [9.17, 15) is 0 Å². The average Bonchev–Trinajstić information content (AvgIpc) is 2.49. The molecule has 1 aromatic carbocycles. The molecule has 3 nitrogen and oxygen atoms in total. The van der Waals surface area contributed by atoms with Crippen LogP contribution < -0.4 is 10.1 Å². The number of benzene rings is 1. The van der Waals surface area contributed by atoms with E-state index >= 15 is 0 Å². The number of thioether (sulfide) groups is 1. The van der Waals surface area contributed by atoms with Gasteiger partial charge in [-0.3, -0.25) is 0 Å². The highest BCUT2D eigenvalue weighted by atomic mass is 32.2. The van der Waals surface area contributed by atoms with Crippen molar-refractivity contribution in [3.05, 3.63) is 29.8 Å². The molecule has 1 aromatic rings. The molecule has 0 bridgehead atoms. The summed E-state index contributed by atoms with van der Waals surface area (Å²) in [7, 11) is 3.77. The maximum atomic E-state index is 5.61. The molecule has 0 aromatic heterocycles. The molecule has 1 rings (SSSR count). The van der Waals surface area contributed by atoms with Crippen LogP contribution in [0, 0.1) is 0 Å². The Morgan fingerprint density at radius 1 is 1.20 bits per heavy atom. The fourth-order valence-corrected chi connectivity index (χ4v) is 2.95. The molecule has 1 N–H and O–H groups in total. The molecule has 0 spiro atoms. The van der Waals surface area contributed by atoms with Crippen molar-refractivity contribution in [1.82, 2.24) is 5.32 Å². The lowest BCUT2D eigenvalue weighted by molar-refractivity contribution is 0.200. The standard InChI is InChI=1S/C16H27NO2S/c1-4-10-19-15-8-6-14(7-9-15)16(17-2)13-20-12-5-11-18-3/h6-9,16-17H,4-5,10-13H2,1-3H3. The lowest BCUT2D eigenvalue weighted by Crippen LogP contribution is -2.19. The molecule has 1 atom stereocenters. The second kappa shape index (κ2) is 11.0. The topological polar surface area (TPSA) is 30.5 Å². The first kappa shape index (κ1) is 17.3. The fourth-order valence-electron chi connectivity index (χ4n) is 1.87. The molecule has 0 aliphatic rings. The first-order chi connectivity index (χ1) is 9.81. The van der Waals surface area contributed by atoms with E-state index in [1.54, 1.807) is 7.11 Å². The van der Waals surface area contributed by atoms with Gasteiger partial charge in [0.05, 0.1) is 6.61 Å². The highest BCUT2D eigenvalue weighted by Gasteiger charge is 2.09. The summed E-state index contributed by atoms with van der Waals surface area (Å²) < 4.78 is 10.7. The third-order valence-electron chi connectivity index (χ3n) is 3.03. The van der Waals surface area contributed by atoms with E-state index < -0.39 is 0 Å². The number of ether oxygens (including phenoxy) is 2. The van der Waals surface area contributed by atoms with Crippen molar-refractivity contribution in [2.45, 2.75) is 25.8 Å². The van der Waals surface area contributed by atoms with E-state index in [1.807, 2.05) is 18.8 Å². The Hall–Kier alpha value is -0.710. The Kier molecular flexibility index (Phi) is 9.54. The van der Waals surface area contributed by atoms with Crippen molar-refractivity contribution >= 4 is 11.8 Å². The van der Waals surface area contributed by atoms with Gasteiger partial charge in [0.15, 0.2) is 0 Å². The lowest BCUT2D eigenvalue weighted by atomic mass is 10.1. The first-order valence-corrected chi connectivity index (χ1v) is 8.44. The maximum absolute atomic E-state index is 5.61. The molecular weight excluding hydrogens is 270 g/mol. The zero-order valence-corrected chi connectivity index (χ0v) is 13.7. The van der Waals surface area contributed by atoms with Crippen LogP contribution in [0.15, 0.2) is 24.3 Å². The van der Waals surface area contributed by atoms with Crippen LogP contribution in [0.1, 0.15) is 31.4 Å². The molecule has 0 heterocycles. The fraction of sp³-hybridized carbons (Fsp3) is 0.625. The van der Waals surface area contributed by atoms with Crippen molar-refractivity contribution < 1.29 is 9.47 Å². The minimum Gasteiger partial charge on any atom is -0.494 e. The third kappa shape index (κ3) is 6.64. The molecular formula is C16H27NO2S. The second-order valence-electron chi connectivity index (χ2n) is 4.68. The average molecular weight is 297 g/mol. The molecule has 0 saturated carbocycles. The van der Waals surface area contributed by atoms with Gasteiger partial charge in [-0.1, -0.05) is 19.1 Å². The Morgan fingerprint density at radius 2 is 1.95 bits per heavy atom. The van der Waals surface area contributed by atoms with Gasteiger partial charge in [0.1, 0.15) is 5.75 Å². The minimum atomic E-state index is 0.391. The molecule has 0 radical (unpaired) electrons. The Balaban J connectivity index is 2.40. The van der Waals surface area contributed by atoms with E-state index in [4.69, 9.17) is 9.47 Å². The van der Waals surface area contributed by atoms with Crippen LogP contribution in [-0.2, 0) is 4.74 Å². The second-order valence-corrected chi connectivity index (χ2v) is 5.83. The summed E-state index contributed by atoms with van der Waals surface area (Å²) in [6, 6.07) is 8.82. The van der Waals surface area contributed by atoms with Gasteiger partial charge in [0.25, 0.3) is 0 Å². The third-order valence-corrected chi connectivity index (χ3v) is 4.17. The largest absolute Gasteiger partial charge is 0.494 e. The summed E-state index contributed by atoms with van der Waals surface area (Å²) in [5, 5.41) is 3.38. The predicted molar refractivity (Wildman–Crippen MR) is 87.8 cm³/mol. The maximum Gasteiger partial charge on any atom is 0.119 e. The molecule has 0 amide bonds. The summed E-state index contributed by atoms with van der Waals surface area (Å²) in [5.74, 6) is 3.18. The quantitative estimate of drug-likeness (QED) is 0.633. The molecule has 0 saturated heterocycles. The minimum absolute atomic E-state index is 0.391. The Bertz CT molecular complexity index is 343. The molecule has 0 aliphatic heterocycles. The zero-order chi connectivity index (χ0) is 14.6. The van der Waals surface area contributed by atoms with Crippen LogP contribution in [0.25, 0.3) is 0 Å². The first-order valence-electron chi connectivity index (χ1n) is 7.28. The predicted octanol–water partition coefficient (Wildman–Crippen LogP) is 3.51. The monoisotopic (exact) mass is 297 g/mol. The number of rotatable bonds is 11. The van der Waals surface area contributed by atoms with Gasteiger partial charge in [-0.2, -0.15) is 11.8 Å². The smallest absolute Gasteiger partial charge is 0.119 e. The molecule has 0 aliphatic carbocycles. The summed E-state index contributed by atoms with van der Waals surface area (Å²) in [6.07, 6.45) is 2.15. The van der Waals surface area contributed by atoms with E-state index in [0.717, 1.165) is 43.3 Å². The van der Waals surface area contributed by atoms with E-state index in [1.165, 1.54) is 5.56 Å². The number of methoxy groups -OCH3 is 1. The van der Waals surface area contributed by atoms with Crippen LogP contribution in [0.4, 0.5) is 0 Å².